The number of hydrogen-bond donors (Lipinski definition) is 2. The van der Waals surface area contributed by atoms with Crippen LogP contribution in [0.4, 0.5) is 11.6 Å². The summed E-state index contributed by atoms with van der Waals surface area (Å²) in [5.41, 5.74) is 3.97. The van der Waals surface area contributed by atoms with E-state index >= 15 is 0 Å². The third-order valence-electron chi connectivity index (χ3n) is 6.69. The highest BCUT2D eigenvalue weighted by molar-refractivity contribution is 7.98. The van der Waals surface area contributed by atoms with E-state index in [0.29, 0.717) is 47.0 Å². The molecule has 9 heteroatoms. The summed E-state index contributed by atoms with van der Waals surface area (Å²) in [6.07, 6.45) is 2.07. The Kier molecular flexibility index (Phi) is 9.26. The SMILES string of the molecule is CCCCOc1ccc(C2C(C(=O)Nc3ccccc3OCC)=C(C)Nc3nc(SCc4ccccc4)nn32)cc1. The van der Waals surface area contributed by atoms with Crippen LogP contribution in [-0.2, 0) is 10.5 Å². The first kappa shape index (κ1) is 28.3. The van der Waals surface area contributed by atoms with Gasteiger partial charge in [0.25, 0.3) is 5.91 Å². The molecule has 0 saturated carbocycles. The second kappa shape index (κ2) is 13.4. The Morgan fingerprint density at radius 1 is 1.00 bits per heavy atom. The highest BCUT2D eigenvalue weighted by atomic mass is 32.2. The summed E-state index contributed by atoms with van der Waals surface area (Å²) in [6, 6.07) is 25.1. The van der Waals surface area contributed by atoms with Gasteiger partial charge in [-0.15, -0.1) is 5.10 Å². The molecule has 3 aromatic carbocycles. The van der Waals surface area contributed by atoms with Crippen LogP contribution in [0.15, 0.2) is 95.3 Å². The Morgan fingerprint density at radius 2 is 1.76 bits per heavy atom. The van der Waals surface area contributed by atoms with Gasteiger partial charge in [-0.1, -0.05) is 79.7 Å². The molecule has 1 unspecified atom stereocenters. The number of allylic oxidation sites excluding steroid dienone is 1. The van der Waals surface area contributed by atoms with Crippen molar-refractivity contribution in [3.05, 3.63) is 101 Å². The average molecular weight is 570 g/mol. The van der Waals surface area contributed by atoms with Gasteiger partial charge in [-0.05, 0) is 55.7 Å². The van der Waals surface area contributed by atoms with Gasteiger partial charge in [-0.3, -0.25) is 4.79 Å². The van der Waals surface area contributed by atoms with Crippen LogP contribution in [0.2, 0.25) is 0 Å². The summed E-state index contributed by atoms with van der Waals surface area (Å²) < 4.78 is 13.4. The first-order valence-electron chi connectivity index (χ1n) is 13.9. The largest absolute Gasteiger partial charge is 0.494 e. The number of benzene rings is 3. The summed E-state index contributed by atoms with van der Waals surface area (Å²) in [4.78, 5) is 18.7. The van der Waals surface area contributed by atoms with E-state index in [1.54, 1.807) is 16.4 Å². The van der Waals surface area contributed by atoms with Crippen LogP contribution in [0.3, 0.4) is 0 Å². The maximum atomic E-state index is 13.9. The lowest BCUT2D eigenvalue weighted by molar-refractivity contribution is -0.113. The lowest BCUT2D eigenvalue weighted by Crippen LogP contribution is -2.31. The summed E-state index contributed by atoms with van der Waals surface area (Å²) in [5.74, 6) is 2.52. The Morgan fingerprint density at radius 3 is 2.51 bits per heavy atom. The monoisotopic (exact) mass is 569 g/mol. The van der Waals surface area contributed by atoms with Gasteiger partial charge in [0.1, 0.15) is 17.5 Å². The van der Waals surface area contributed by atoms with E-state index in [1.807, 2.05) is 80.6 Å². The number of unbranched alkanes of at least 4 members (excludes halogenated alkanes) is 1. The minimum Gasteiger partial charge on any atom is -0.494 e. The molecule has 0 aliphatic carbocycles. The molecule has 0 fully saturated rings. The number of nitrogens with zero attached hydrogens (tertiary/aromatic N) is 3. The van der Waals surface area contributed by atoms with Crippen LogP contribution in [0.1, 0.15) is 50.8 Å². The van der Waals surface area contributed by atoms with Crippen LogP contribution in [0.5, 0.6) is 11.5 Å². The van der Waals surface area contributed by atoms with E-state index in [-0.39, 0.29) is 5.91 Å². The second-order valence-corrected chi connectivity index (χ2v) is 10.6. The predicted molar refractivity (Wildman–Crippen MR) is 164 cm³/mol. The Bertz CT molecular complexity index is 1500. The molecule has 212 valence electrons. The summed E-state index contributed by atoms with van der Waals surface area (Å²) in [5, 5.41) is 11.9. The normalized spacial score (nSPS) is 14.3. The molecule has 1 atom stereocenters. The summed E-state index contributed by atoms with van der Waals surface area (Å²) in [6.45, 7) is 7.12. The molecule has 0 bridgehead atoms. The zero-order valence-electron chi connectivity index (χ0n) is 23.6. The maximum Gasteiger partial charge on any atom is 0.255 e. The van der Waals surface area contributed by atoms with E-state index in [1.165, 1.54) is 5.56 Å². The van der Waals surface area contributed by atoms with Gasteiger partial charge >= 0.3 is 0 Å². The van der Waals surface area contributed by atoms with Gasteiger partial charge in [0.05, 0.1) is 24.5 Å². The average Bonchev–Trinajstić information content (AvgIpc) is 3.40. The van der Waals surface area contributed by atoms with Crippen LogP contribution in [-0.4, -0.2) is 33.9 Å². The predicted octanol–water partition coefficient (Wildman–Crippen LogP) is 7.08. The molecule has 0 radical (unpaired) electrons. The number of thioether (sulfide) groups is 1. The molecule has 1 aliphatic heterocycles. The van der Waals surface area contributed by atoms with Crippen molar-refractivity contribution >= 4 is 29.3 Å². The van der Waals surface area contributed by atoms with Crippen molar-refractivity contribution < 1.29 is 14.3 Å². The molecule has 1 amide bonds. The minimum atomic E-state index is -0.492. The number of ether oxygens (including phenoxy) is 2. The van der Waals surface area contributed by atoms with E-state index < -0.39 is 6.04 Å². The first-order valence-corrected chi connectivity index (χ1v) is 14.9. The lowest BCUT2D eigenvalue weighted by atomic mass is 9.95. The van der Waals surface area contributed by atoms with Crippen LogP contribution >= 0.6 is 11.8 Å². The fourth-order valence-corrected chi connectivity index (χ4v) is 5.42. The number of hydrogen-bond acceptors (Lipinski definition) is 7. The number of nitrogens with one attached hydrogen (secondary N) is 2. The standard InChI is InChI=1S/C32H35N5O3S/c1-4-6-20-40-25-18-16-24(17-19-25)29-28(30(38)34-26-14-10-11-15-27(26)39-5-2)22(3)33-31-35-32(36-37(29)31)41-21-23-12-8-7-9-13-23/h7-19,29H,4-6,20-21H2,1-3H3,(H,34,38)(H,33,35,36). The van der Waals surface area contributed by atoms with Gasteiger partial charge in [0.15, 0.2) is 0 Å². The van der Waals surface area contributed by atoms with Gasteiger partial charge in [-0.25, -0.2) is 4.68 Å². The molecule has 8 nitrogen and oxygen atoms in total. The summed E-state index contributed by atoms with van der Waals surface area (Å²) in [7, 11) is 0. The molecule has 4 aromatic rings. The smallest absolute Gasteiger partial charge is 0.255 e. The molecular formula is C32H35N5O3S. The summed E-state index contributed by atoms with van der Waals surface area (Å²) >= 11 is 1.56. The van der Waals surface area contributed by atoms with Gasteiger partial charge in [0, 0.05) is 11.4 Å². The van der Waals surface area contributed by atoms with Gasteiger partial charge in [0.2, 0.25) is 11.1 Å². The molecule has 2 heterocycles. The number of carbonyl (C=O) groups excluding carboxylic acids is 1. The number of amides is 1. The van der Waals surface area contributed by atoms with Crippen molar-refractivity contribution in [2.24, 2.45) is 0 Å². The molecule has 2 N–H and O–H groups in total. The lowest BCUT2D eigenvalue weighted by Gasteiger charge is -2.29. The van der Waals surface area contributed by atoms with E-state index in [2.05, 4.69) is 29.7 Å². The van der Waals surface area contributed by atoms with Gasteiger partial charge < -0.3 is 20.1 Å². The Hall–Kier alpha value is -4.24. The van der Waals surface area contributed by atoms with Crippen LogP contribution in [0.25, 0.3) is 0 Å². The number of aromatic nitrogens is 3. The fraction of sp³-hybridized carbons (Fsp3) is 0.281. The zero-order chi connectivity index (χ0) is 28.6. The molecular weight excluding hydrogens is 534 g/mol. The third kappa shape index (κ3) is 6.74. The highest BCUT2D eigenvalue weighted by Crippen LogP contribution is 2.38. The molecule has 1 aromatic heterocycles. The van der Waals surface area contributed by atoms with Crippen molar-refractivity contribution in [2.45, 2.75) is 50.6 Å². The second-order valence-electron chi connectivity index (χ2n) is 9.66. The van der Waals surface area contributed by atoms with Crippen molar-refractivity contribution in [1.82, 2.24) is 14.8 Å². The molecule has 41 heavy (non-hydrogen) atoms. The minimum absolute atomic E-state index is 0.241. The number of anilines is 2. The molecule has 0 saturated heterocycles. The first-order chi connectivity index (χ1) is 20.1. The van der Waals surface area contributed by atoms with E-state index in [9.17, 15) is 4.79 Å². The molecule has 5 rings (SSSR count). The van der Waals surface area contributed by atoms with Crippen molar-refractivity contribution in [1.29, 1.82) is 0 Å². The highest BCUT2D eigenvalue weighted by Gasteiger charge is 2.34. The molecule has 0 spiro atoms. The van der Waals surface area contributed by atoms with Crippen molar-refractivity contribution in [2.75, 3.05) is 23.8 Å². The van der Waals surface area contributed by atoms with E-state index in [4.69, 9.17) is 19.6 Å². The van der Waals surface area contributed by atoms with E-state index in [0.717, 1.165) is 29.9 Å². The zero-order valence-corrected chi connectivity index (χ0v) is 24.4. The van der Waals surface area contributed by atoms with Gasteiger partial charge in [-0.2, -0.15) is 4.98 Å². The topological polar surface area (TPSA) is 90.3 Å². The number of rotatable bonds is 12. The Labute approximate surface area is 245 Å². The number of carbonyl (C=O) groups is 1. The third-order valence-corrected chi connectivity index (χ3v) is 7.59. The Balaban J connectivity index is 1.47. The number of para-hydroxylation sites is 2. The number of fused-ring (bicyclic) bond motifs is 1. The van der Waals surface area contributed by atoms with Crippen LogP contribution < -0.4 is 20.1 Å². The fourth-order valence-electron chi connectivity index (χ4n) is 4.64. The quantitative estimate of drug-likeness (QED) is 0.139. The van der Waals surface area contributed by atoms with Crippen LogP contribution in [0, 0.1) is 0 Å². The molecule has 1 aliphatic rings. The maximum absolute atomic E-state index is 13.9. The van der Waals surface area contributed by atoms with Crippen molar-refractivity contribution in [3.8, 4) is 11.5 Å². The van der Waals surface area contributed by atoms with Crippen molar-refractivity contribution in [3.63, 3.8) is 0 Å².